The van der Waals surface area contributed by atoms with Crippen molar-refractivity contribution in [3.8, 4) is 0 Å². The molecule has 0 saturated carbocycles. The molecule has 1 atom stereocenters. The zero-order chi connectivity index (χ0) is 21.7. The van der Waals surface area contributed by atoms with Crippen LogP contribution in [0.25, 0.3) is 0 Å². The van der Waals surface area contributed by atoms with Crippen molar-refractivity contribution in [3.63, 3.8) is 0 Å². The molecule has 0 radical (unpaired) electrons. The molecule has 1 heterocycles. The van der Waals surface area contributed by atoms with Gasteiger partial charge in [-0.05, 0) is 68.3 Å². The Morgan fingerprint density at radius 1 is 1.07 bits per heavy atom. The normalized spacial score (nSPS) is 12.2. The van der Waals surface area contributed by atoms with Crippen LogP contribution in [-0.4, -0.2) is 25.9 Å². The van der Waals surface area contributed by atoms with Crippen LogP contribution in [0.5, 0.6) is 0 Å². The summed E-state index contributed by atoms with van der Waals surface area (Å²) in [7, 11) is -3.83. The summed E-state index contributed by atoms with van der Waals surface area (Å²) >= 11 is 0. The number of aromatic nitrogens is 1. The Labute approximate surface area is 177 Å². The molecular formula is C23H25N3O3S. The summed E-state index contributed by atoms with van der Waals surface area (Å²) in [6.07, 6.45) is 3.33. The number of nitrogens with one attached hydrogen (secondary N) is 1. The minimum atomic E-state index is -3.83. The second kappa shape index (κ2) is 9.09. The summed E-state index contributed by atoms with van der Waals surface area (Å²) in [5, 5.41) is 2.91. The molecule has 6 nitrogen and oxygen atoms in total. The first-order chi connectivity index (χ1) is 14.3. The van der Waals surface area contributed by atoms with Crippen molar-refractivity contribution in [1.82, 2.24) is 10.3 Å². The van der Waals surface area contributed by atoms with Gasteiger partial charge in [0.05, 0.1) is 16.6 Å². The largest absolute Gasteiger partial charge is 0.346 e. The minimum Gasteiger partial charge on any atom is -0.346 e. The van der Waals surface area contributed by atoms with Crippen LogP contribution in [0.3, 0.4) is 0 Å². The number of aryl methyl sites for hydroxylation is 1. The van der Waals surface area contributed by atoms with Crippen LogP contribution in [0.15, 0.2) is 78.0 Å². The lowest BCUT2D eigenvalue weighted by Crippen LogP contribution is -2.32. The number of nitrogens with zero attached hydrogens (tertiary/aromatic N) is 2. The van der Waals surface area contributed by atoms with E-state index in [-0.39, 0.29) is 23.4 Å². The molecule has 0 aliphatic carbocycles. The first-order valence-corrected chi connectivity index (χ1v) is 11.2. The van der Waals surface area contributed by atoms with Crippen molar-refractivity contribution >= 4 is 21.6 Å². The number of hydrogen-bond acceptors (Lipinski definition) is 4. The van der Waals surface area contributed by atoms with Gasteiger partial charge in [-0.2, -0.15) is 0 Å². The molecule has 0 bridgehead atoms. The van der Waals surface area contributed by atoms with Crippen molar-refractivity contribution in [2.45, 2.75) is 31.7 Å². The van der Waals surface area contributed by atoms with Crippen molar-refractivity contribution in [2.24, 2.45) is 0 Å². The molecule has 7 heteroatoms. The highest BCUT2D eigenvalue weighted by atomic mass is 32.2. The number of para-hydroxylation sites is 1. The number of pyridine rings is 1. The Hall–Kier alpha value is -3.19. The third-order valence-corrected chi connectivity index (χ3v) is 6.95. The molecule has 0 aliphatic rings. The number of rotatable bonds is 7. The number of sulfonamides is 1. The lowest BCUT2D eigenvalue weighted by atomic mass is 10.1. The molecule has 3 aromatic rings. The maximum absolute atomic E-state index is 13.4. The summed E-state index contributed by atoms with van der Waals surface area (Å²) in [4.78, 5) is 16.9. The number of hydrogen-bond donors (Lipinski definition) is 1. The van der Waals surface area contributed by atoms with Gasteiger partial charge in [0.1, 0.15) is 0 Å². The highest BCUT2D eigenvalue weighted by Gasteiger charge is 2.26. The van der Waals surface area contributed by atoms with Gasteiger partial charge < -0.3 is 5.32 Å². The molecule has 30 heavy (non-hydrogen) atoms. The predicted octanol–water partition coefficient (Wildman–Crippen LogP) is 4.10. The second-order valence-corrected chi connectivity index (χ2v) is 8.79. The van der Waals surface area contributed by atoms with Crippen molar-refractivity contribution in [2.75, 3.05) is 10.8 Å². The minimum absolute atomic E-state index is 0.123. The van der Waals surface area contributed by atoms with Crippen molar-refractivity contribution < 1.29 is 13.2 Å². The lowest BCUT2D eigenvalue weighted by Gasteiger charge is -2.24. The molecule has 1 unspecified atom stereocenters. The average molecular weight is 424 g/mol. The predicted molar refractivity (Wildman–Crippen MR) is 118 cm³/mol. The molecule has 1 N–H and O–H groups in total. The van der Waals surface area contributed by atoms with E-state index in [1.807, 2.05) is 25.1 Å². The van der Waals surface area contributed by atoms with Gasteiger partial charge in [-0.3, -0.25) is 14.1 Å². The quantitative estimate of drug-likeness (QED) is 0.621. The second-order valence-electron chi connectivity index (χ2n) is 6.96. The Kier molecular flexibility index (Phi) is 6.52. The molecule has 1 amide bonds. The number of carbonyl (C=O) groups excluding carboxylic acids is 1. The first-order valence-electron chi connectivity index (χ1n) is 9.73. The number of amides is 1. The fourth-order valence-electron chi connectivity index (χ4n) is 3.24. The van der Waals surface area contributed by atoms with Crippen LogP contribution >= 0.6 is 0 Å². The summed E-state index contributed by atoms with van der Waals surface area (Å²) in [6, 6.07) is 17.1. The van der Waals surface area contributed by atoms with Gasteiger partial charge in [0, 0.05) is 24.5 Å². The third kappa shape index (κ3) is 4.52. The van der Waals surface area contributed by atoms with Crippen LogP contribution in [-0.2, 0) is 10.0 Å². The monoisotopic (exact) mass is 423 g/mol. The van der Waals surface area contributed by atoms with E-state index in [9.17, 15) is 13.2 Å². The molecule has 0 saturated heterocycles. The van der Waals surface area contributed by atoms with Gasteiger partial charge in [0.15, 0.2) is 0 Å². The SMILES string of the molecule is CCN(c1ccccc1)S(=O)(=O)c1cc(C(=O)NC(C)c2ccncc2)ccc1C. The molecule has 0 aliphatic heterocycles. The fourth-order valence-corrected chi connectivity index (χ4v) is 4.97. The number of anilines is 1. The zero-order valence-electron chi connectivity index (χ0n) is 17.2. The molecule has 2 aromatic carbocycles. The highest BCUT2D eigenvalue weighted by Crippen LogP contribution is 2.26. The summed E-state index contributed by atoms with van der Waals surface area (Å²) in [5.41, 5.74) is 2.38. The fraction of sp³-hybridized carbons (Fsp3) is 0.217. The molecule has 156 valence electrons. The van der Waals surface area contributed by atoms with E-state index >= 15 is 0 Å². The maximum atomic E-state index is 13.4. The van der Waals surface area contributed by atoms with Crippen molar-refractivity contribution in [1.29, 1.82) is 0 Å². The smallest absolute Gasteiger partial charge is 0.264 e. The Morgan fingerprint density at radius 2 is 1.73 bits per heavy atom. The van der Waals surface area contributed by atoms with Gasteiger partial charge >= 0.3 is 0 Å². The number of benzene rings is 2. The van der Waals surface area contributed by atoms with Crippen LogP contribution < -0.4 is 9.62 Å². The third-order valence-electron chi connectivity index (χ3n) is 4.90. The lowest BCUT2D eigenvalue weighted by molar-refractivity contribution is 0.0939. The Morgan fingerprint density at radius 3 is 2.37 bits per heavy atom. The molecular weight excluding hydrogens is 398 g/mol. The topological polar surface area (TPSA) is 79.4 Å². The molecule has 0 spiro atoms. The van der Waals surface area contributed by atoms with Crippen molar-refractivity contribution in [3.05, 3.63) is 89.7 Å². The van der Waals surface area contributed by atoms with Crippen LogP contribution in [0, 0.1) is 6.92 Å². The van der Waals surface area contributed by atoms with Gasteiger partial charge in [-0.15, -0.1) is 0 Å². The number of carbonyl (C=O) groups is 1. The van der Waals surface area contributed by atoms with Gasteiger partial charge in [-0.1, -0.05) is 24.3 Å². The standard InChI is InChI=1S/C23H25N3O3S/c1-4-26(21-8-6-5-7-9-21)30(28,29)22-16-20(11-10-17(22)2)23(27)25-18(3)19-12-14-24-15-13-19/h5-16,18H,4H2,1-3H3,(H,25,27). The van der Waals surface area contributed by atoms with E-state index in [0.717, 1.165) is 5.56 Å². The van der Waals surface area contributed by atoms with Gasteiger partial charge in [0.2, 0.25) is 0 Å². The van der Waals surface area contributed by atoms with E-state index in [1.54, 1.807) is 62.6 Å². The molecule has 1 aromatic heterocycles. The summed E-state index contributed by atoms with van der Waals surface area (Å²) < 4.78 is 28.1. The van der Waals surface area contributed by atoms with Gasteiger partial charge in [0.25, 0.3) is 15.9 Å². The van der Waals surface area contributed by atoms with E-state index in [1.165, 1.54) is 10.4 Å². The Bertz CT molecular complexity index is 1120. The first kappa shape index (κ1) is 21.5. The zero-order valence-corrected chi connectivity index (χ0v) is 18.1. The van der Waals surface area contributed by atoms with E-state index in [0.29, 0.717) is 16.8 Å². The van der Waals surface area contributed by atoms with E-state index < -0.39 is 10.0 Å². The average Bonchev–Trinajstić information content (AvgIpc) is 2.75. The van der Waals surface area contributed by atoms with Crippen LogP contribution in [0.4, 0.5) is 5.69 Å². The summed E-state index contributed by atoms with van der Waals surface area (Å²) in [5.74, 6) is -0.335. The summed E-state index contributed by atoms with van der Waals surface area (Å²) in [6.45, 7) is 5.66. The molecule has 0 fully saturated rings. The Balaban J connectivity index is 1.91. The molecule has 3 rings (SSSR count). The van der Waals surface area contributed by atoms with Gasteiger partial charge in [-0.25, -0.2) is 8.42 Å². The highest BCUT2D eigenvalue weighted by molar-refractivity contribution is 7.92. The van der Waals surface area contributed by atoms with E-state index in [4.69, 9.17) is 0 Å². The maximum Gasteiger partial charge on any atom is 0.264 e. The van der Waals surface area contributed by atoms with Crippen LogP contribution in [0.2, 0.25) is 0 Å². The van der Waals surface area contributed by atoms with Crippen LogP contribution in [0.1, 0.15) is 41.4 Å². The van der Waals surface area contributed by atoms with E-state index in [2.05, 4.69) is 10.3 Å².